The van der Waals surface area contributed by atoms with Gasteiger partial charge in [0.2, 0.25) is 5.91 Å². The van der Waals surface area contributed by atoms with E-state index in [2.05, 4.69) is 28.6 Å². The second-order valence-corrected chi connectivity index (χ2v) is 6.27. The van der Waals surface area contributed by atoms with Crippen LogP contribution in [-0.4, -0.2) is 25.9 Å². The van der Waals surface area contributed by atoms with Gasteiger partial charge < -0.3 is 5.73 Å². The average Bonchev–Trinajstić information content (AvgIpc) is 2.90. The largest absolute Gasteiger partial charge is 0.369 e. The van der Waals surface area contributed by atoms with E-state index in [0.29, 0.717) is 0 Å². The van der Waals surface area contributed by atoms with Gasteiger partial charge in [0.15, 0.2) is 11.0 Å². The molecule has 0 saturated heterocycles. The second-order valence-electron chi connectivity index (χ2n) is 4.96. The number of nitrogens with two attached hydrogens (primary N) is 1. The summed E-state index contributed by atoms with van der Waals surface area (Å²) in [6.07, 6.45) is 0.955. The molecule has 1 heterocycles. The molecule has 0 radical (unpaired) electrons. The van der Waals surface area contributed by atoms with Gasteiger partial charge in [-0.1, -0.05) is 49.0 Å². The number of aromatic nitrogens is 3. The normalized spacial score (nSPS) is 13.9. The molecule has 1 aromatic heterocycles. The standard InChI is InChI=1S/C15H20N4OS/c1-4-10(2)19-14(12-8-6-5-7-9-12)17-18-15(19)21-11(3)13(16)20/h5-11H,4H2,1-3H3,(H2,16,20)/t10-,11-/m1/s1. The number of hydrogen-bond donors (Lipinski definition) is 1. The van der Waals surface area contributed by atoms with Crippen molar-refractivity contribution in [1.29, 1.82) is 0 Å². The minimum atomic E-state index is -0.347. The first-order valence-electron chi connectivity index (χ1n) is 7.00. The predicted octanol–water partition coefficient (Wildman–Crippen LogP) is 2.88. The SMILES string of the molecule is CC[C@@H](C)n1c(S[C@H](C)C(N)=O)nnc1-c1ccccc1. The number of primary amides is 1. The maximum atomic E-state index is 11.3. The molecule has 2 atom stereocenters. The summed E-state index contributed by atoms with van der Waals surface area (Å²) < 4.78 is 2.08. The molecule has 0 unspecified atom stereocenters. The Labute approximate surface area is 128 Å². The Morgan fingerprint density at radius 3 is 2.52 bits per heavy atom. The van der Waals surface area contributed by atoms with E-state index in [0.717, 1.165) is 23.0 Å². The van der Waals surface area contributed by atoms with Crippen molar-refractivity contribution in [3.63, 3.8) is 0 Å². The first-order valence-corrected chi connectivity index (χ1v) is 7.88. The number of carbonyl (C=O) groups excluding carboxylic acids is 1. The molecular weight excluding hydrogens is 284 g/mol. The molecule has 1 aromatic carbocycles. The Bertz CT molecular complexity index is 611. The summed E-state index contributed by atoms with van der Waals surface area (Å²) in [4.78, 5) is 11.3. The van der Waals surface area contributed by atoms with Crippen LogP contribution >= 0.6 is 11.8 Å². The van der Waals surface area contributed by atoms with E-state index in [-0.39, 0.29) is 17.2 Å². The third-order valence-corrected chi connectivity index (χ3v) is 4.49. The van der Waals surface area contributed by atoms with Gasteiger partial charge in [-0.2, -0.15) is 0 Å². The lowest BCUT2D eigenvalue weighted by atomic mass is 10.2. The van der Waals surface area contributed by atoms with Crippen LogP contribution in [-0.2, 0) is 4.79 Å². The average molecular weight is 304 g/mol. The van der Waals surface area contributed by atoms with Crippen molar-refractivity contribution in [1.82, 2.24) is 14.8 Å². The Balaban J connectivity index is 2.43. The van der Waals surface area contributed by atoms with Crippen molar-refractivity contribution >= 4 is 17.7 Å². The molecule has 21 heavy (non-hydrogen) atoms. The second kappa shape index (κ2) is 6.76. The number of benzene rings is 1. The number of rotatable bonds is 6. The molecule has 0 bridgehead atoms. The smallest absolute Gasteiger partial charge is 0.230 e. The maximum Gasteiger partial charge on any atom is 0.230 e. The molecule has 0 aliphatic heterocycles. The zero-order valence-electron chi connectivity index (χ0n) is 12.5. The summed E-state index contributed by atoms with van der Waals surface area (Å²) in [6, 6.07) is 10.2. The van der Waals surface area contributed by atoms with Crippen LogP contribution in [0.4, 0.5) is 0 Å². The molecule has 1 amide bonds. The van der Waals surface area contributed by atoms with E-state index in [1.54, 1.807) is 6.92 Å². The van der Waals surface area contributed by atoms with Crippen molar-refractivity contribution in [2.45, 2.75) is 43.6 Å². The summed E-state index contributed by atoms with van der Waals surface area (Å²) in [6.45, 7) is 6.02. The fourth-order valence-electron chi connectivity index (χ4n) is 1.94. The summed E-state index contributed by atoms with van der Waals surface area (Å²) in [5, 5.41) is 8.96. The summed E-state index contributed by atoms with van der Waals surface area (Å²) >= 11 is 1.35. The van der Waals surface area contributed by atoms with Crippen LogP contribution in [0, 0.1) is 0 Å². The van der Waals surface area contributed by atoms with Gasteiger partial charge in [-0.15, -0.1) is 10.2 Å². The Kier molecular flexibility index (Phi) is 5.01. The number of thioether (sulfide) groups is 1. The van der Waals surface area contributed by atoms with Crippen molar-refractivity contribution < 1.29 is 4.79 Å². The van der Waals surface area contributed by atoms with Gasteiger partial charge in [0, 0.05) is 11.6 Å². The number of carbonyl (C=O) groups is 1. The summed E-state index contributed by atoms with van der Waals surface area (Å²) in [5.74, 6) is 0.476. The first-order chi connectivity index (χ1) is 10.0. The molecule has 112 valence electrons. The highest BCUT2D eigenvalue weighted by Gasteiger charge is 2.21. The fourth-order valence-corrected chi connectivity index (χ4v) is 2.84. The first kappa shape index (κ1) is 15.6. The van der Waals surface area contributed by atoms with Crippen molar-refractivity contribution in [2.24, 2.45) is 5.73 Å². The third-order valence-electron chi connectivity index (χ3n) is 3.41. The summed E-state index contributed by atoms with van der Waals surface area (Å²) in [7, 11) is 0. The van der Waals surface area contributed by atoms with Gasteiger partial charge >= 0.3 is 0 Å². The Hall–Kier alpha value is -1.82. The zero-order chi connectivity index (χ0) is 15.4. The molecule has 2 N–H and O–H groups in total. The van der Waals surface area contributed by atoms with E-state index in [4.69, 9.17) is 5.73 Å². The van der Waals surface area contributed by atoms with Crippen LogP contribution in [0.3, 0.4) is 0 Å². The highest BCUT2D eigenvalue weighted by molar-refractivity contribution is 8.00. The number of nitrogens with zero attached hydrogens (tertiary/aromatic N) is 3. The van der Waals surface area contributed by atoms with Crippen LogP contribution in [0.15, 0.2) is 35.5 Å². The van der Waals surface area contributed by atoms with Gasteiger partial charge in [-0.3, -0.25) is 9.36 Å². The van der Waals surface area contributed by atoms with Crippen LogP contribution < -0.4 is 5.73 Å². The lowest BCUT2D eigenvalue weighted by molar-refractivity contribution is -0.117. The van der Waals surface area contributed by atoms with E-state index >= 15 is 0 Å². The molecule has 0 aliphatic rings. The Morgan fingerprint density at radius 1 is 1.29 bits per heavy atom. The molecule has 0 fully saturated rings. The topological polar surface area (TPSA) is 73.8 Å². The minimum absolute atomic E-state index is 0.248. The van der Waals surface area contributed by atoms with Gasteiger partial charge in [0.1, 0.15) is 0 Å². The summed E-state index contributed by atoms with van der Waals surface area (Å²) in [5.41, 5.74) is 6.36. The van der Waals surface area contributed by atoms with Gasteiger partial charge in [-0.05, 0) is 20.3 Å². The minimum Gasteiger partial charge on any atom is -0.369 e. The quantitative estimate of drug-likeness (QED) is 0.833. The molecule has 5 nitrogen and oxygen atoms in total. The van der Waals surface area contributed by atoms with Crippen LogP contribution in [0.25, 0.3) is 11.4 Å². The number of hydrogen-bond acceptors (Lipinski definition) is 4. The van der Waals surface area contributed by atoms with Crippen LogP contribution in [0.5, 0.6) is 0 Å². The van der Waals surface area contributed by atoms with Gasteiger partial charge in [0.05, 0.1) is 5.25 Å². The van der Waals surface area contributed by atoms with Gasteiger partial charge in [-0.25, -0.2) is 0 Å². The molecule has 0 spiro atoms. The van der Waals surface area contributed by atoms with E-state index in [1.807, 2.05) is 30.3 Å². The molecule has 6 heteroatoms. The fraction of sp³-hybridized carbons (Fsp3) is 0.400. The number of amides is 1. The predicted molar refractivity (Wildman–Crippen MR) is 85.0 cm³/mol. The molecule has 0 aliphatic carbocycles. The lowest BCUT2D eigenvalue weighted by Gasteiger charge is -2.17. The van der Waals surface area contributed by atoms with E-state index in [9.17, 15) is 4.79 Å². The van der Waals surface area contributed by atoms with Crippen LogP contribution in [0.2, 0.25) is 0 Å². The highest BCUT2D eigenvalue weighted by atomic mass is 32.2. The third kappa shape index (κ3) is 3.44. The molecule has 0 saturated carbocycles. The molecule has 2 aromatic rings. The van der Waals surface area contributed by atoms with Crippen molar-refractivity contribution in [2.75, 3.05) is 0 Å². The Morgan fingerprint density at radius 2 is 1.95 bits per heavy atom. The van der Waals surface area contributed by atoms with Crippen molar-refractivity contribution in [3.8, 4) is 11.4 Å². The van der Waals surface area contributed by atoms with Crippen molar-refractivity contribution in [3.05, 3.63) is 30.3 Å². The van der Waals surface area contributed by atoms with Gasteiger partial charge in [0.25, 0.3) is 0 Å². The monoisotopic (exact) mass is 304 g/mol. The zero-order valence-corrected chi connectivity index (χ0v) is 13.3. The van der Waals surface area contributed by atoms with E-state index in [1.165, 1.54) is 11.8 Å². The highest BCUT2D eigenvalue weighted by Crippen LogP contribution is 2.30. The lowest BCUT2D eigenvalue weighted by Crippen LogP contribution is -2.23. The molecular formula is C15H20N4OS. The van der Waals surface area contributed by atoms with E-state index < -0.39 is 0 Å². The molecule has 2 rings (SSSR count). The maximum absolute atomic E-state index is 11.3. The van der Waals surface area contributed by atoms with Crippen LogP contribution in [0.1, 0.15) is 33.2 Å².